The lowest BCUT2D eigenvalue weighted by Gasteiger charge is -2.24. The molecule has 3 heteroatoms. The molecular weight excluding hydrogens is 200 g/mol. The molecule has 0 aromatic carbocycles. The molecule has 86 valence electrons. The van der Waals surface area contributed by atoms with Crippen molar-refractivity contribution in [3.05, 3.63) is 23.9 Å². The van der Waals surface area contributed by atoms with E-state index in [2.05, 4.69) is 16.8 Å². The lowest BCUT2D eigenvalue weighted by atomic mass is 10.1. The number of Topliss-reactive ketones (excluding diaryl/α,β-unsaturated/α-hetero) is 1. The maximum Gasteiger partial charge on any atom is 0.163 e. The highest BCUT2D eigenvalue weighted by Gasteiger charge is 2.31. The van der Waals surface area contributed by atoms with E-state index in [0.717, 1.165) is 24.3 Å². The average molecular weight is 218 g/mol. The van der Waals surface area contributed by atoms with Crippen molar-refractivity contribution in [2.45, 2.75) is 39.2 Å². The van der Waals surface area contributed by atoms with Gasteiger partial charge in [-0.3, -0.25) is 4.79 Å². The van der Waals surface area contributed by atoms with E-state index in [-0.39, 0.29) is 5.78 Å². The van der Waals surface area contributed by atoms with Crippen LogP contribution in [0, 0.1) is 0 Å². The molecule has 1 heterocycles. The summed E-state index contributed by atoms with van der Waals surface area (Å²) in [6.07, 6.45) is 5.32. The van der Waals surface area contributed by atoms with E-state index in [1.807, 2.05) is 12.1 Å². The van der Waals surface area contributed by atoms with Crippen LogP contribution in [0.5, 0.6) is 0 Å². The van der Waals surface area contributed by atoms with Gasteiger partial charge in [-0.2, -0.15) is 0 Å². The highest BCUT2D eigenvalue weighted by molar-refractivity contribution is 5.98. The van der Waals surface area contributed by atoms with Crippen LogP contribution in [0.1, 0.15) is 43.5 Å². The Balaban J connectivity index is 2.32. The molecule has 1 aromatic heterocycles. The maximum atomic E-state index is 11.6. The van der Waals surface area contributed by atoms with Gasteiger partial charge in [0.1, 0.15) is 5.82 Å². The zero-order chi connectivity index (χ0) is 11.5. The second-order valence-electron chi connectivity index (χ2n) is 4.36. The van der Waals surface area contributed by atoms with Gasteiger partial charge in [-0.1, -0.05) is 6.92 Å². The summed E-state index contributed by atoms with van der Waals surface area (Å²) in [5.74, 6) is 0.976. The van der Waals surface area contributed by atoms with Crippen LogP contribution < -0.4 is 4.90 Å². The lowest BCUT2D eigenvalue weighted by Crippen LogP contribution is -2.29. The molecular formula is C13H18N2O. The van der Waals surface area contributed by atoms with Crippen molar-refractivity contribution in [3.63, 3.8) is 0 Å². The van der Waals surface area contributed by atoms with Crippen molar-refractivity contribution < 1.29 is 4.79 Å². The Morgan fingerprint density at radius 2 is 2.31 bits per heavy atom. The lowest BCUT2D eigenvalue weighted by molar-refractivity contribution is 0.101. The normalized spacial score (nSPS) is 14.9. The first kappa shape index (κ1) is 11.1. The van der Waals surface area contributed by atoms with Crippen LogP contribution in [0.15, 0.2) is 18.3 Å². The first-order valence-corrected chi connectivity index (χ1v) is 5.96. The predicted molar refractivity (Wildman–Crippen MR) is 64.9 cm³/mol. The van der Waals surface area contributed by atoms with E-state index in [0.29, 0.717) is 6.04 Å². The minimum absolute atomic E-state index is 0.102. The fourth-order valence-electron chi connectivity index (χ4n) is 1.99. The molecule has 0 amide bonds. The molecule has 0 saturated heterocycles. The number of hydrogen-bond donors (Lipinski definition) is 0. The molecule has 1 saturated carbocycles. The van der Waals surface area contributed by atoms with Gasteiger partial charge in [0.25, 0.3) is 0 Å². The molecule has 2 rings (SSSR count). The van der Waals surface area contributed by atoms with Crippen molar-refractivity contribution in [2.75, 3.05) is 11.4 Å². The Morgan fingerprint density at radius 1 is 1.56 bits per heavy atom. The third-order valence-electron chi connectivity index (χ3n) is 2.89. The molecule has 1 aromatic rings. The number of hydrogen-bond acceptors (Lipinski definition) is 3. The van der Waals surface area contributed by atoms with E-state index in [1.54, 1.807) is 13.1 Å². The van der Waals surface area contributed by atoms with E-state index in [4.69, 9.17) is 0 Å². The van der Waals surface area contributed by atoms with Crippen molar-refractivity contribution in [2.24, 2.45) is 0 Å². The first-order chi connectivity index (χ1) is 7.74. The Morgan fingerprint density at radius 3 is 2.88 bits per heavy atom. The Kier molecular flexibility index (Phi) is 3.22. The van der Waals surface area contributed by atoms with E-state index in [9.17, 15) is 4.79 Å². The maximum absolute atomic E-state index is 11.6. The van der Waals surface area contributed by atoms with Gasteiger partial charge in [-0.15, -0.1) is 0 Å². The molecule has 1 aliphatic rings. The molecule has 0 aliphatic heterocycles. The van der Waals surface area contributed by atoms with Gasteiger partial charge in [0.2, 0.25) is 0 Å². The topological polar surface area (TPSA) is 33.2 Å². The number of carbonyl (C=O) groups excluding carboxylic acids is 1. The van der Waals surface area contributed by atoms with Crippen LogP contribution in [0.25, 0.3) is 0 Å². The van der Waals surface area contributed by atoms with Crippen LogP contribution in [0.3, 0.4) is 0 Å². The Bertz CT molecular complexity index is 385. The SMILES string of the molecule is CCCN(c1ncccc1C(C)=O)C1CC1. The monoisotopic (exact) mass is 218 g/mol. The molecule has 3 nitrogen and oxygen atoms in total. The third kappa shape index (κ3) is 2.23. The average Bonchev–Trinajstić information content (AvgIpc) is 3.10. The molecule has 1 fully saturated rings. The van der Waals surface area contributed by atoms with Crippen LogP contribution >= 0.6 is 0 Å². The van der Waals surface area contributed by atoms with Gasteiger partial charge in [0.05, 0.1) is 5.56 Å². The van der Waals surface area contributed by atoms with Crippen LogP contribution in [0.4, 0.5) is 5.82 Å². The summed E-state index contributed by atoms with van der Waals surface area (Å²) in [6, 6.07) is 4.31. The quantitative estimate of drug-likeness (QED) is 0.712. The molecule has 0 bridgehead atoms. The molecule has 0 spiro atoms. The molecule has 1 aliphatic carbocycles. The van der Waals surface area contributed by atoms with E-state index in [1.165, 1.54) is 12.8 Å². The third-order valence-corrected chi connectivity index (χ3v) is 2.89. The fourth-order valence-corrected chi connectivity index (χ4v) is 1.99. The van der Waals surface area contributed by atoms with E-state index >= 15 is 0 Å². The summed E-state index contributed by atoms with van der Waals surface area (Å²) >= 11 is 0. The molecule has 0 atom stereocenters. The van der Waals surface area contributed by atoms with Crippen molar-refractivity contribution in [3.8, 4) is 0 Å². The minimum Gasteiger partial charge on any atom is -0.353 e. The van der Waals surface area contributed by atoms with Gasteiger partial charge in [0.15, 0.2) is 5.78 Å². The van der Waals surface area contributed by atoms with Gasteiger partial charge < -0.3 is 4.90 Å². The summed E-state index contributed by atoms with van der Waals surface area (Å²) in [5.41, 5.74) is 0.753. The smallest absolute Gasteiger partial charge is 0.163 e. The number of anilines is 1. The number of carbonyl (C=O) groups is 1. The second-order valence-corrected chi connectivity index (χ2v) is 4.36. The predicted octanol–water partition coefficient (Wildman–Crippen LogP) is 2.66. The zero-order valence-corrected chi connectivity index (χ0v) is 9.94. The number of nitrogens with zero attached hydrogens (tertiary/aromatic N) is 2. The van der Waals surface area contributed by atoms with Crippen molar-refractivity contribution in [1.82, 2.24) is 4.98 Å². The van der Waals surface area contributed by atoms with E-state index < -0.39 is 0 Å². The zero-order valence-electron chi connectivity index (χ0n) is 9.94. The minimum atomic E-state index is 0.102. The Hall–Kier alpha value is -1.38. The highest BCUT2D eigenvalue weighted by atomic mass is 16.1. The fraction of sp³-hybridized carbons (Fsp3) is 0.538. The summed E-state index contributed by atoms with van der Waals surface area (Å²) in [4.78, 5) is 18.2. The van der Waals surface area contributed by atoms with Crippen LogP contribution in [0.2, 0.25) is 0 Å². The summed E-state index contributed by atoms with van der Waals surface area (Å²) in [6.45, 7) is 4.76. The summed E-state index contributed by atoms with van der Waals surface area (Å²) < 4.78 is 0. The molecule has 0 N–H and O–H groups in total. The largest absolute Gasteiger partial charge is 0.353 e. The first-order valence-electron chi connectivity index (χ1n) is 5.96. The summed E-state index contributed by atoms with van der Waals surface area (Å²) in [7, 11) is 0. The number of aromatic nitrogens is 1. The van der Waals surface area contributed by atoms with Crippen LogP contribution in [-0.2, 0) is 0 Å². The molecule has 0 unspecified atom stereocenters. The van der Waals surface area contributed by atoms with Crippen molar-refractivity contribution in [1.29, 1.82) is 0 Å². The number of ketones is 1. The molecule has 16 heavy (non-hydrogen) atoms. The number of rotatable bonds is 5. The second kappa shape index (κ2) is 4.64. The van der Waals surface area contributed by atoms with Gasteiger partial charge in [0, 0.05) is 18.8 Å². The van der Waals surface area contributed by atoms with Crippen molar-refractivity contribution >= 4 is 11.6 Å². The van der Waals surface area contributed by atoms with Gasteiger partial charge in [-0.25, -0.2) is 4.98 Å². The highest BCUT2D eigenvalue weighted by Crippen LogP contribution is 2.32. The van der Waals surface area contributed by atoms with Gasteiger partial charge >= 0.3 is 0 Å². The van der Waals surface area contributed by atoms with Gasteiger partial charge in [-0.05, 0) is 38.3 Å². The molecule has 0 radical (unpaired) electrons. The summed E-state index contributed by atoms with van der Waals surface area (Å²) in [5, 5.41) is 0. The van der Waals surface area contributed by atoms with Crippen LogP contribution in [-0.4, -0.2) is 23.4 Å². The Labute approximate surface area is 96.5 Å². The number of pyridine rings is 1. The standard InChI is InChI=1S/C13H18N2O/c1-3-9-15(11-6-7-11)13-12(10(2)16)5-4-8-14-13/h4-5,8,11H,3,6-7,9H2,1-2H3.